The van der Waals surface area contributed by atoms with E-state index in [9.17, 15) is 4.79 Å². The molecule has 0 aliphatic rings. The van der Waals surface area contributed by atoms with Crippen molar-refractivity contribution >= 4 is 35.6 Å². The highest BCUT2D eigenvalue weighted by molar-refractivity contribution is 6.30. The second-order valence-electron chi connectivity index (χ2n) is 6.88. The molecule has 3 nitrogen and oxygen atoms in total. The number of hydrogen-bond acceptors (Lipinski definition) is 1. The maximum atomic E-state index is 12.9. The molecule has 0 atom stereocenters. The fraction of sp³-hybridized carbons (Fsp3) is 0.217. The van der Waals surface area contributed by atoms with Crippen molar-refractivity contribution in [1.29, 1.82) is 0 Å². The van der Waals surface area contributed by atoms with E-state index in [0.717, 1.165) is 17.1 Å². The lowest BCUT2D eigenvalue weighted by Crippen LogP contribution is -2.47. The van der Waals surface area contributed by atoms with E-state index in [-0.39, 0.29) is 24.4 Å². The minimum Gasteiger partial charge on any atom is -0.304 e. The maximum absolute atomic E-state index is 12.9. The summed E-state index contributed by atoms with van der Waals surface area (Å²) in [7, 11) is 0. The van der Waals surface area contributed by atoms with E-state index >= 15 is 0 Å². The van der Waals surface area contributed by atoms with E-state index in [1.54, 1.807) is 0 Å². The fourth-order valence-electron chi connectivity index (χ4n) is 3.10. The predicted octanol–water partition coefficient (Wildman–Crippen LogP) is 5.08. The first-order chi connectivity index (χ1) is 13.0. The van der Waals surface area contributed by atoms with Crippen LogP contribution in [0.5, 0.6) is 0 Å². The molecule has 3 aromatic rings. The number of benzene rings is 2. The quantitative estimate of drug-likeness (QED) is 0.514. The van der Waals surface area contributed by atoms with Gasteiger partial charge in [-0.25, -0.2) is 0 Å². The van der Waals surface area contributed by atoms with Gasteiger partial charge in [-0.05, 0) is 55.7 Å². The Labute approximate surface area is 178 Å². The summed E-state index contributed by atoms with van der Waals surface area (Å²) in [5.74, 6) is 0.0756. The summed E-state index contributed by atoms with van der Waals surface area (Å²) < 4.78 is 1.92. The number of carbonyl (C=O) groups excluding carboxylic acids is 1. The van der Waals surface area contributed by atoms with E-state index in [1.807, 2.05) is 90.3 Å². The number of anilines is 1. The summed E-state index contributed by atoms with van der Waals surface area (Å²) in [4.78, 5) is 14.7. The SMILES string of the molecule is CC(C)N(C(=O)C[n+]1ccc(Cc2ccc(Cl)cc2)cc1)c1ccccc1.Cl. The first-order valence-corrected chi connectivity index (χ1v) is 9.50. The standard InChI is InChI=1S/C23H24ClN2O.ClH/c1-18(2)26(22-6-4-3-5-7-22)23(27)17-25-14-12-20(13-15-25)16-19-8-10-21(24)11-9-19;/h3-15,18H,16-17H2,1-2H3;1H/q+1;. The highest BCUT2D eigenvalue weighted by atomic mass is 35.5. The normalized spacial score (nSPS) is 10.4. The maximum Gasteiger partial charge on any atom is 0.293 e. The summed E-state index contributed by atoms with van der Waals surface area (Å²) >= 11 is 5.94. The molecule has 0 aliphatic heterocycles. The molecule has 1 heterocycles. The molecule has 0 N–H and O–H groups in total. The molecule has 0 bridgehead atoms. The van der Waals surface area contributed by atoms with Crippen LogP contribution < -0.4 is 9.47 Å². The Kier molecular flexibility index (Phi) is 8.04. The van der Waals surface area contributed by atoms with Crippen molar-refractivity contribution in [1.82, 2.24) is 0 Å². The number of pyridine rings is 1. The van der Waals surface area contributed by atoms with Crippen molar-refractivity contribution in [3.05, 3.63) is 95.3 Å². The van der Waals surface area contributed by atoms with Crippen LogP contribution in [0.15, 0.2) is 79.1 Å². The highest BCUT2D eigenvalue weighted by Gasteiger charge is 2.22. The van der Waals surface area contributed by atoms with Crippen LogP contribution >= 0.6 is 24.0 Å². The largest absolute Gasteiger partial charge is 0.304 e. The number of halogens is 2. The van der Waals surface area contributed by atoms with Gasteiger partial charge in [0.15, 0.2) is 12.4 Å². The summed E-state index contributed by atoms with van der Waals surface area (Å²) in [6.45, 7) is 4.38. The summed E-state index contributed by atoms with van der Waals surface area (Å²) in [6.07, 6.45) is 4.77. The summed E-state index contributed by atoms with van der Waals surface area (Å²) in [6, 6.07) is 21.9. The molecule has 5 heteroatoms. The van der Waals surface area contributed by atoms with Gasteiger partial charge in [-0.1, -0.05) is 41.9 Å². The third kappa shape index (κ3) is 5.82. The van der Waals surface area contributed by atoms with Crippen molar-refractivity contribution in [2.24, 2.45) is 0 Å². The molecule has 146 valence electrons. The molecule has 1 aromatic heterocycles. The van der Waals surface area contributed by atoms with Gasteiger partial charge in [0.1, 0.15) is 0 Å². The summed E-state index contributed by atoms with van der Waals surface area (Å²) in [5.41, 5.74) is 3.34. The molecule has 1 amide bonds. The Hall–Kier alpha value is -2.36. The zero-order chi connectivity index (χ0) is 19.2. The van der Waals surface area contributed by atoms with Crippen molar-refractivity contribution < 1.29 is 9.36 Å². The van der Waals surface area contributed by atoms with Gasteiger partial charge in [0, 0.05) is 28.9 Å². The highest BCUT2D eigenvalue weighted by Crippen LogP contribution is 2.17. The zero-order valence-corrected chi connectivity index (χ0v) is 17.7. The smallest absolute Gasteiger partial charge is 0.293 e. The van der Waals surface area contributed by atoms with Gasteiger partial charge in [0.05, 0.1) is 0 Å². The molecule has 0 spiro atoms. The van der Waals surface area contributed by atoms with Gasteiger partial charge < -0.3 is 4.90 Å². The van der Waals surface area contributed by atoms with Gasteiger partial charge in [0.25, 0.3) is 5.91 Å². The molecule has 0 radical (unpaired) electrons. The molecule has 0 unspecified atom stereocenters. The average molecular weight is 416 g/mol. The lowest BCUT2D eigenvalue weighted by molar-refractivity contribution is -0.684. The predicted molar refractivity (Wildman–Crippen MR) is 117 cm³/mol. The van der Waals surface area contributed by atoms with Gasteiger partial charge in [-0.2, -0.15) is 4.57 Å². The minimum atomic E-state index is 0. The molecule has 0 aliphatic carbocycles. The van der Waals surface area contributed by atoms with Crippen molar-refractivity contribution in [2.75, 3.05) is 4.90 Å². The first kappa shape index (κ1) is 21.9. The Morgan fingerprint density at radius 2 is 1.50 bits per heavy atom. The van der Waals surface area contributed by atoms with E-state index < -0.39 is 0 Å². The fourth-order valence-corrected chi connectivity index (χ4v) is 3.23. The Bertz CT molecular complexity index is 879. The first-order valence-electron chi connectivity index (χ1n) is 9.12. The van der Waals surface area contributed by atoms with Gasteiger partial charge in [-0.3, -0.25) is 4.79 Å². The minimum absolute atomic E-state index is 0. The number of rotatable bonds is 6. The summed E-state index contributed by atoms with van der Waals surface area (Å²) in [5, 5.41) is 0.747. The molecule has 28 heavy (non-hydrogen) atoms. The zero-order valence-electron chi connectivity index (χ0n) is 16.1. The Morgan fingerprint density at radius 3 is 2.07 bits per heavy atom. The Morgan fingerprint density at radius 1 is 0.929 bits per heavy atom. The average Bonchev–Trinajstić information content (AvgIpc) is 2.66. The van der Waals surface area contributed by atoms with E-state index in [0.29, 0.717) is 6.54 Å². The lowest BCUT2D eigenvalue weighted by atomic mass is 10.1. The van der Waals surface area contributed by atoms with Crippen LogP contribution in [0.1, 0.15) is 25.0 Å². The van der Waals surface area contributed by atoms with Crippen LogP contribution in [-0.2, 0) is 17.8 Å². The number of amides is 1. The molecule has 0 saturated heterocycles. The van der Waals surface area contributed by atoms with Gasteiger partial charge in [-0.15, -0.1) is 12.4 Å². The third-order valence-electron chi connectivity index (χ3n) is 4.42. The molecular formula is C23H25Cl2N2O+. The van der Waals surface area contributed by atoms with Crippen molar-refractivity contribution in [3.63, 3.8) is 0 Å². The van der Waals surface area contributed by atoms with E-state index in [2.05, 4.69) is 12.1 Å². The third-order valence-corrected chi connectivity index (χ3v) is 4.67. The van der Waals surface area contributed by atoms with Crippen LogP contribution in [0.25, 0.3) is 0 Å². The van der Waals surface area contributed by atoms with Crippen LogP contribution in [0, 0.1) is 0 Å². The molecule has 2 aromatic carbocycles. The molecular weight excluding hydrogens is 391 g/mol. The number of hydrogen-bond donors (Lipinski definition) is 0. The second kappa shape index (κ2) is 10.3. The van der Waals surface area contributed by atoms with Crippen LogP contribution in [0.3, 0.4) is 0 Å². The van der Waals surface area contributed by atoms with Crippen molar-refractivity contribution in [3.8, 4) is 0 Å². The monoisotopic (exact) mass is 415 g/mol. The molecule has 0 fully saturated rings. The molecule has 0 saturated carbocycles. The topological polar surface area (TPSA) is 24.2 Å². The lowest BCUT2D eigenvalue weighted by Gasteiger charge is -2.25. The number of para-hydroxylation sites is 1. The van der Waals surface area contributed by atoms with E-state index in [1.165, 1.54) is 11.1 Å². The number of nitrogens with zero attached hydrogens (tertiary/aromatic N) is 2. The van der Waals surface area contributed by atoms with Crippen molar-refractivity contribution in [2.45, 2.75) is 32.9 Å². The van der Waals surface area contributed by atoms with Crippen LogP contribution in [0.4, 0.5) is 5.69 Å². The van der Waals surface area contributed by atoms with Gasteiger partial charge in [0.2, 0.25) is 6.54 Å². The molecule has 3 rings (SSSR count). The van der Waals surface area contributed by atoms with E-state index in [4.69, 9.17) is 11.6 Å². The van der Waals surface area contributed by atoms with Crippen LogP contribution in [0.2, 0.25) is 5.02 Å². The number of carbonyl (C=O) groups is 1. The van der Waals surface area contributed by atoms with Crippen LogP contribution in [-0.4, -0.2) is 11.9 Å². The number of aromatic nitrogens is 1. The Balaban J connectivity index is 0.00000280. The van der Waals surface area contributed by atoms with Gasteiger partial charge >= 0.3 is 0 Å². The second-order valence-corrected chi connectivity index (χ2v) is 7.31.